The zero-order valence-corrected chi connectivity index (χ0v) is 7.96. The van der Waals surface area contributed by atoms with Crippen molar-refractivity contribution >= 4 is 17.2 Å². The maximum absolute atomic E-state index is 12.9. The quantitative estimate of drug-likeness (QED) is 0.735. The van der Waals surface area contributed by atoms with Crippen LogP contribution in [0.1, 0.15) is 12.5 Å². The fraction of sp³-hybridized carbons (Fsp3) is 0.250. The number of hydrogen-bond donors (Lipinski definition) is 0. The van der Waals surface area contributed by atoms with Crippen LogP contribution in [-0.4, -0.2) is 14.6 Å². The van der Waals surface area contributed by atoms with E-state index in [1.165, 1.54) is 22.8 Å². The first kappa shape index (κ1) is 9.33. The predicted octanol–water partition coefficient (Wildman–Crippen LogP) is 2.49. The highest BCUT2D eigenvalue weighted by Gasteiger charge is 2.24. The number of fused-ring (bicyclic) bond motifs is 1. The lowest BCUT2D eigenvalue weighted by molar-refractivity contribution is 0.0170. The molecule has 74 valence electrons. The van der Waals surface area contributed by atoms with Crippen LogP contribution in [0.2, 0.25) is 5.28 Å². The van der Waals surface area contributed by atoms with Gasteiger partial charge in [-0.25, -0.2) is 13.3 Å². The molecule has 0 aliphatic heterocycles. The van der Waals surface area contributed by atoms with Crippen molar-refractivity contribution in [1.29, 1.82) is 0 Å². The van der Waals surface area contributed by atoms with Crippen molar-refractivity contribution in [2.24, 2.45) is 0 Å². The summed E-state index contributed by atoms with van der Waals surface area (Å²) in [5, 5.41) is 3.77. The molecule has 2 heterocycles. The summed E-state index contributed by atoms with van der Waals surface area (Å²) in [5.74, 6) is -2.88. The van der Waals surface area contributed by atoms with Crippen molar-refractivity contribution in [3.8, 4) is 0 Å². The molecular formula is C8H6ClF2N3. The van der Waals surface area contributed by atoms with E-state index < -0.39 is 5.92 Å². The zero-order chi connectivity index (χ0) is 10.3. The summed E-state index contributed by atoms with van der Waals surface area (Å²) in [7, 11) is 0. The fourth-order valence-electron chi connectivity index (χ4n) is 1.12. The van der Waals surface area contributed by atoms with E-state index in [2.05, 4.69) is 10.1 Å². The van der Waals surface area contributed by atoms with E-state index in [1.807, 2.05) is 0 Å². The number of alkyl halides is 2. The van der Waals surface area contributed by atoms with Crippen molar-refractivity contribution in [2.75, 3.05) is 0 Å². The third-order valence-corrected chi connectivity index (χ3v) is 1.97. The van der Waals surface area contributed by atoms with Crippen LogP contribution < -0.4 is 0 Å². The van der Waals surface area contributed by atoms with Gasteiger partial charge >= 0.3 is 0 Å². The van der Waals surface area contributed by atoms with Crippen LogP contribution in [0.15, 0.2) is 18.3 Å². The molecule has 3 nitrogen and oxygen atoms in total. The minimum atomic E-state index is -2.88. The third kappa shape index (κ3) is 1.55. The highest BCUT2D eigenvalue weighted by atomic mass is 35.5. The summed E-state index contributed by atoms with van der Waals surface area (Å²) in [6, 6.07) is 2.76. The number of hydrogen-bond acceptors (Lipinski definition) is 2. The van der Waals surface area contributed by atoms with Gasteiger partial charge in [0.05, 0.1) is 0 Å². The maximum Gasteiger partial charge on any atom is 0.272 e. The standard InChI is InChI=1S/C8H6ClF2N3/c1-8(10,11)5-2-3-6-12-7(9)13-14(6)4-5/h2-4H,1H3. The molecule has 0 aliphatic rings. The molecule has 14 heavy (non-hydrogen) atoms. The van der Waals surface area contributed by atoms with Gasteiger partial charge in [-0.15, -0.1) is 5.10 Å². The summed E-state index contributed by atoms with van der Waals surface area (Å²) in [6.07, 6.45) is 1.22. The second kappa shape index (κ2) is 2.88. The van der Waals surface area contributed by atoms with Crippen LogP contribution in [0, 0.1) is 0 Å². The van der Waals surface area contributed by atoms with Gasteiger partial charge in [-0.3, -0.25) is 0 Å². The highest BCUT2D eigenvalue weighted by molar-refractivity contribution is 6.28. The summed E-state index contributed by atoms with van der Waals surface area (Å²) in [6.45, 7) is 0.826. The lowest BCUT2D eigenvalue weighted by Gasteiger charge is -2.09. The van der Waals surface area contributed by atoms with Crippen molar-refractivity contribution < 1.29 is 8.78 Å². The molecule has 0 radical (unpaired) electrons. The number of aromatic nitrogens is 3. The largest absolute Gasteiger partial charge is 0.272 e. The molecular weight excluding hydrogens is 212 g/mol. The van der Waals surface area contributed by atoms with E-state index in [0.717, 1.165) is 6.92 Å². The molecule has 6 heteroatoms. The maximum atomic E-state index is 12.9. The summed E-state index contributed by atoms with van der Waals surface area (Å²) in [5.41, 5.74) is 0.328. The Kier molecular flexibility index (Phi) is 1.92. The molecule has 0 aromatic carbocycles. The van der Waals surface area contributed by atoms with Gasteiger partial charge < -0.3 is 0 Å². The smallest absolute Gasteiger partial charge is 0.219 e. The molecule has 0 N–H and O–H groups in total. The van der Waals surface area contributed by atoms with E-state index in [0.29, 0.717) is 5.65 Å². The summed E-state index contributed by atoms with van der Waals surface area (Å²) >= 11 is 5.52. The second-order valence-corrected chi connectivity index (χ2v) is 3.33. The van der Waals surface area contributed by atoms with Gasteiger partial charge in [0.25, 0.3) is 5.92 Å². The molecule has 0 saturated carbocycles. The first-order valence-corrected chi connectivity index (χ1v) is 4.25. The molecule has 0 amide bonds. The van der Waals surface area contributed by atoms with Crippen molar-refractivity contribution in [3.63, 3.8) is 0 Å². The van der Waals surface area contributed by atoms with Gasteiger partial charge in [0.2, 0.25) is 5.28 Å². The Morgan fingerprint density at radius 2 is 2.14 bits per heavy atom. The van der Waals surface area contributed by atoms with E-state index in [1.54, 1.807) is 0 Å². The minimum Gasteiger partial charge on any atom is -0.219 e. The molecule has 0 bridgehead atoms. The average Bonchev–Trinajstić information content (AvgIpc) is 2.41. The molecule has 0 aliphatic carbocycles. The Morgan fingerprint density at radius 1 is 1.43 bits per heavy atom. The van der Waals surface area contributed by atoms with E-state index >= 15 is 0 Å². The van der Waals surface area contributed by atoms with Crippen LogP contribution in [0.25, 0.3) is 5.65 Å². The van der Waals surface area contributed by atoms with Gasteiger partial charge in [0, 0.05) is 18.7 Å². The van der Waals surface area contributed by atoms with E-state index in [4.69, 9.17) is 11.6 Å². The van der Waals surface area contributed by atoms with Crippen LogP contribution in [-0.2, 0) is 5.92 Å². The van der Waals surface area contributed by atoms with Gasteiger partial charge in [-0.05, 0) is 23.7 Å². The highest BCUT2D eigenvalue weighted by Crippen LogP contribution is 2.26. The summed E-state index contributed by atoms with van der Waals surface area (Å²) in [4.78, 5) is 3.81. The van der Waals surface area contributed by atoms with Gasteiger partial charge in [0.1, 0.15) is 0 Å². The lowest BCUT2D eigenvalue weighted by atomic mass is 10.2. The molecule has 0 unspecified atom stereocenters. The first-order valence-electron chi connectivity index (χ1n) is 3.87. The van der Waals surface area contributed by atoms with Crippen LogP contribution in [0.3, 0.4) is 0 Å². The van der Waals surface area contributed by atoms with E-state index in [-0.39, 0.29) is 10.8 Å². The third-order valence-electron chi connectivity index (χ3n) is 1.81. The van der Waals surface area contributed by atoms with Crippen molar-refractivity contribution in [2.45, 2.75) is 12.8 Å². The second-order valence-electron chi connectivity index (χ2n) is 2.99. The van der Waals surface area contributed by atoms with Gasteiger partial charge in [-0.2, -0.15) is 4.98 Å². The fourth-order valence-corrected chi connectivity index (χ4v) is 1.28. The molecule has 2 rings (SSSR count). The number of pyridine rings is 1. The Bertz CT molecular complexity index is 475. The number of nitrogens with zero attached hydrogens (tertiary/aromatic N) is 3. The number of halogens is 3. The van der Waals surface area contributed by atoms with Gasteiger partial charge in [-0.1, -0.05) is 0 Å². The topological polar surface area (TPSA) is 30.2 Å². The molecule has 0 saturated heterocycles. The molecule has 0 spiro atoms. The molecule has 2 aromatic heterocycles. The SMILES string of the molecule is CC(F)(F)c1ccc2nc(Cl)nn2c1. The first-order chi connectivity index (χ1) is 6.47. The van der Waals surface area contributed by atoms with Crippen LogP contribution in [0.4, 0.5) is 8.78 Å². The Morgan fingerprint density at radius 3 is 2.79 bits per heavy atom. The summed E-state index contributed by atoms with van der Waals surface area (Å²) < 4.78 is 27.0. The van der Waals surface area contributed by atoms with Crippen LogP contribution in [0.5, 0.6) is 0 Å². The molecule has 0 atom stereocenters. The van der Waals surface area contributed by atoms with E-state index in [9.17, 15) is 8.78 Å². The van der Waals surface area contributed by atoms with Crippen molar-refractivity contribution in [1.82, 2.24) is 14.6 Å². The Balaban J connectivity index is 2.62. The zero-order valence-electron chi connectivity index (χ0n) is 7.21. The molecule has 2 aromatic rings. The Labute approximate surface area is 83.3 Å². The number of rotatable bonds is 1. The Hall–Kier alpha value is -1.23. The minimum absolute atomic E-state index is 0.0431. The van der Waals surface area contributed by atoms with Crippen LogP contribution >= 0.6 is 11.6 Å². The molecule has 0 fully saturated rings. The van der Waals surface area contributed by atoms with Crippen molar-refractivity contribution in [3.05, 3.63) is 29.2 Å². The lowest BCUT2D eigenvalue weighted by Crippen LogP contribution is -2.08. The predicted molar refractivity (Wildman–Crippen MR) is 47.6 cm³/mol. The monoisotopic (exact) mass is 217 g/mol. The van der Waals surface area contributed by atoms with Gasteiger partial charge in [0.15, 0.2) is 5.65 Å². The normalized spacial score (nSPS) is 12.3. The average molecular weight is 218 g/mol.